The predicted molar refractivity (Wildman–Crippen MR) is 148 cm³/mol. The van der Waals surface area contributed by atoms with Gasteiger partial charge in [-0.05, 0) is 69.0 Å². The highest BCUT2D eigenvalue weighted by Gasteiger charge is 2.43. The quantitative estimate of drug-likeness (QED) is 0.271. The fourth-order valence-electron chi connectivity index (χ4n) is 3.73. The summed E-state index contributed by atoms with van der Waals surface area (Å²) in [6, 6.07) is 12.7. The lowest BCUT2D eigenvalue weighted by molar-refractivity contribution is -0.170. The zero-order valence-electron chi connectivity index (χ0n) is 22.1. The number of aryl methyl sites for hydroxylation is 1. The Bertz CT molecular complexity index is 1510. The number of carbonyl (C=O) groups is 2. The van der Waals surface area contributed by atoms with Crippen LogP contribution in [0.15, 0.2) is 48.5 Å². The summed E-state index contributed by atoms with van der Waals surface area (Å²) < 4.78 is 60.4. The third kappa shape index (κ3) is 8.33. The Hall–Kier alpha value is -3.85. The van der Waals surface area contributed by atoms with Crippen LogP contribution in [-0.4, -0.2) is 50.1 Å². The van der Waals surface area contributed by atoms with Crippen LogP contribution in [-0.2, 0) is 16.0 Å². The van der Waals surface area contributed by atoms with Gasteiger partial charge in [0.25, 0.3) is 0 Å². The average Bonchev–Trinajstić information content (AvgIpc) is 2.88. The molecule has 3 aromatic rings. The first kappa shape index (κ1) is 31.7. The van der Waals surface area contributed by atoms with Crippen LogP contribution in [0.2, 0.25) is 10.0 Å². The number of amides is 2. The predicted octanol–water partition coefficient (Wildman–Crippen LogP) is 6.74. The van der Waals surface area contributed by atoms with E-state index in [1.165, 1.54) is 48.5 Å². The second-order valence-electron chi connectivity index (χ2n) is 9.22. The smallest absolute Gasteiger partial charge is 0.453 e. The van der Waals surface area contributed by atoms with Gasteiger partial charge in [-0.1, -0.05) is 29.3 Å². The van der Waals surface area contributed by atoms with Gasteiger partial charge in [0, 0.05) is 35.1 Å². The maximum Gasteiger partial charge on any atom is 0.471 e. The molecule has 3 rings (SSSR count). The number of rotatable bonds is 9. The van der Waals surface area contributed by atoms with Crippen LogP contribution in [0.1, 0.15) is 16.7 Å². The first-order valence-corrected chi connectivity index (χ1v) is 12.7. The molecule has 0 saturated heterocycles. The van der Waals surface area contributed by atoms with Crippen molar-refractivity contribution in [2.24, 2.45) is 0 Å². The van der Waals surface area contributed by atoms with E-state index in [1.807, 2.05) is 6.07 Å². The zero-order chi connectivity index (χ0) is 30.5. The van der Waals surface area contributed by atoms with Crippen LogP contribution in [0.4, 0.5) is 28.9 Å². The Balaban J connectivity index is 1.79. The number of halogens is 6. The molecule has 0 aliphatic rings. The minimum atomic E-state index is -5.07. The number of likely N-dealkylation sites (N-methyl/N-ethyl adjacent to an activating group) is 1. The van der Waals surface area contributed by atoms with Gasteiger partial charge in [0.15, 0.2) is 11.6 Å². The minimum absolute atomic E-state index is 0.00998. The molecule has 0 atom stereocenters. The number of benzene rings is 3. The Kier molecular flexibility index (Phi) is 10.2. The van der Waals surface area contributed by atoms with Gasteiger partial charge in [0.1, 0.15) is 5.75 Å². The molecular formula is C28H24Cl2F4N4O3. The first-order valence-electron chi connectivity index (χ1n) is 12.0. The number of anilines is 2. The summed E-state index contributed by atoms with van der Waals surface area (Å²) in [7, 11) is 3.33. The maximum absolute atomic E-state index is 15.3. The van der Waals surface area contributed by atoms with Crippen LogP contribution in [0.3, 0.4) is 0 Å². The molecule has 0 aromatic heterocycles. The second-order valence-corrected chi connectivity index (χ2v) is 10.1. The fourth-order valence-corrected chi connectivity index (χ4v) is 4.14. The summed E-state index contributed by atoms with van der Waals surface area (Å²) in [5.74, 6) is -3.83. The maximum atomic E-state index is 15.3. The number of hydrogen-bond acceptors (Lipinski definition) is 5. The lowest BCUT2D eigenvalue weighted by Gasteiger charge is -2.26. The molecule has 216 valence electrons. The van der Waals surface area contributed by atoms with E-state index in [0.717, 1.165) is 0 Å². The Labute approximate surface area is 243 Å². The van der Waals surface area contributed by atoms with Crippen molar-refractivity contribution in [2.75, 3.05) is 37.4 Å². The summed E-state index contributed by atoms with van der Waals surface area (Å²) in [5.41, 5.74) is 0.791. The van der Waals surface area contributed by atoms with E-state index in [0.29, 0.717) is 10.5 Å². The monoisotopic (exact) mass is 610 g/mol. The summed E-state index contributed by atoms with van der Waals surface area (Å²) >= 11 is 12.1. The highest BCUT2D eigenvalue weighted by molar-refractivity contribution is 6.32. The van der Waals surface area contributed by atoms with Crippen molar-refractivity contribution in [3.05, 3.63) is 81.1 Å². The van der Waals surface area contributed by atoms with Gasteiger partial charge in [0.05, 0.1) is 23.1 Å². The molecule has 13 heteroatoms. The van der Waals surface area contributed by atoms with Gasteiger partial charge >= 0.3 is 12.1 Å². The SMILES string of the molecule is Cc1cc(N(CCN(C)C)C(=O)C(F)(F)F)ccc1NC(=O)Cc1ccc(Cl)c(Oc2cc(Cl)cc(C#N)c2)c1F. The van der Waals surface area contributed by atoms with E-state index in [1.54, 1.807) is 25.9 Å². The molecule has 0 saturated carbocycles. The minimum Gasteiger partial charge on any atom is -0.453 e. The van der Waals surface area contributed by atoms with Crippen LogP contribution in [0, 0.1) is 24.1 Å². The number of nitrogens with one attached hydrogen (secondary N) is 1. The fraction of sp³-hybridized carbons (Fsp3) is 0.250. The highest BCUT2D eigenvalue weighted by atomic mass is 35.5. The van der Waals surface area contributed by atoms with Gasteiger partial charge in [-0.3, -0.25) is 9.59 Å². The normalized spacial score (nSPS) is 11.2. The van der Waals surface area contributed by atoms with Crippen molar-refractivity contribution >= 4 is 46.4 Å². The Morgan fingerprint density at radius 3 is 2.37 bits per heavy atom. The van der Waals surface area contributed by atoms with E-state index in [2.05, 4.69) is 5.32 Å². The Morgan fingerprint density at radius 1 is 1.05 bits per heavy atom. The lowest BCUT2D eigenvalue weighted by Crippen LogP contribution is -2.44. The summed E-state index contributed by atoms with van der Waals surface area (Å²) in [6.45, 7) is 1.54. The average molecular weight is 611 g/mol. The van der Waals surface area contributed by atoms with Crippen molar-refractivity contribution in [3.8, 4) is 17.6 Å². The molecule has 1 N–H and O–H groups in total. The van der Waals surface area contributed by atoms with Crippen molar-refractivity contribution in [1.29, 1.82) is 5.26 Å². The van der Waals surface area contributed by atoms with Gasteiger partial charge in [-0.15, -0.1) is 0 Å². The van der Waals surface area contributed by atoms with E-state index in [9.17, 15) is 22.8 Å². The number of ether oxygens (including phenoxy) is 1. The number of hydrogen-bond donors (Lipinski definition) is 1. The van der Waals surface area contributed by atoms with E-state index >= 15 is 4.39 Å². The van der Waals surface area contributed by atoms with Crippen LogP contribution in [0.5, 0.6) is 11.5 Å². The number of alkyl halides is 3. The van der Waals surface area contributed by atoms with E-state index in [4.69, 9.17) is 33.2 Å². The van der Waals surface area contributed by atoms with Gasteiger partial charge in [-0.25, -0.2) is 4.39 Å². The van der Waals surface area contributed by atoms with Crippen LogP contribution < -0.4 is 15.0 Å². The molecule has 0 unspecified atom stereocenters. The summed E-state index contributed by atoms with van der Waals surface area (Å²) in [4.78, 5) is 27.1. The number of carbonyl (C=O) groups excluding carboxylic acids is 2. The van der Waals surface area contributed by atoms with E-state index < -0.39 is 30.2 Å². The van der Waals surface area contributed by atoms with Crippen LogP contribution in [0.25, 0.3) is 0 Å². The van der Waals surface area contributed by atoms with Gasteiger partial charge in [-0.2, -0.15) is 18.4 Å². The van der Waals surface area contributed by atoms with Gasteiger partial charge < -0.3 is 19.9 Å². The molecule has 41 heavy (non-hydrogen) atoms. The Morgan fingerprint density at radius 2 is 1.76 bits per heavy atom. The molecule has 7 nitrogen and oxygen atoms in total. The molecule has 0 aliphatic carbocycles. The molecular weight excluding hydrogens is 587 g/mol. The highest BCUT2D eigenvalue weighted by Crippen LogP contribution is 2.35. The third-order valence-corrected chi connectivity index (χ3v) is 6.27. The van der Waals surface area contributed by atoms with E-state index in [-0.39, 0.29) is 57.1 Å². The zero-order valence-corrected chi connectivity index (χ0v) is 23.6. The number of nitrogens with zero attached hydrogens (tertiary/aromatic N) is 3. The topological polar surface area (TPSA) is 85.7 Å². The summed E-state index contributed by atoms with van der Waals surface area (Å²) in [6.07, 6.45) is -5.50. The standard InChI is InChI=1S/C28H24Cl2F4N4O3/c1-16-10-20(38(9-8-37(2)3)27(40)28(32,33)34)5-7-23(16)36-24(39)13-18-4-6-22(30)26(25(18)31)41-21-12-17(15-35)11-19(29)14-21/h4-7,10-12,14H,8-9,13H2,1-3H3,(H,36,39). The molecule has 0 heterocycles. The van der Waals surface area contributed by atoms with Gasteiger partial charge in [0.2, 0.25) is 5.91 Å². The van der Waals surface area contributed by atoms with Crippen molar-refractivity contribution in [2.45, 2.75) is 19.5 Å². The molecule has 0 fully saturated rings. The largest absolute Gasteiger partial charge is 0.471 e. The van der Waals surface area contributed by atoms with Crippen molar-refractivity contribution < 1.29 is 31.9 Å². The second kappa shape index (κ2) is 13.2. The molecule has 0 bridgehead atoms. The molecule has 0 aliphatic heterocycles. The molecule has 2 amide bonds. The molecule has 0 radical (unpaired) electrons. The third-order valence-electron chi connectivity index (χ3n) is 5.75. The van der Waals surface area contributed by atoms with Crippen molar-refractivity contribution in [3.63, 3.8) is 0 Å². The van der Waals surface area contributed by atoms with Crippen LogP contribution >= 0.6 is 23.2 Å². The molecule has 0 spiro atoms. The lowest BCUT2D eigenvalue weighted by atomic mass is 10.1. The summed E-state index contributed by atoms with van der Waals surface area (Å²) in [5, 5.41) is 11.8. The number of nitriles is 1. The molecule has 3 aromatic carbocycles. The first-order chi connectivity index (χ1) is 19.2. The van der Waals surface area contributed by atoms with Crippen molar-refractivity contribution in [1.82, 2.24) is 4.90 Å².